The predicted octanol–water partition coefficient (Wildman–Crippen LogP) is 2.08. The van der Waals surface area contributed by atoms with Crippen molar-refractivity contribution in [1.29, 1.82) is 0 Å². The SMILES string of the molecule is CC(=O)N(O)c1ccccc1Cl. The second-order valence-electron chi connectivity index (χ2n) is 2.28. The van der Waals surface area contributed by atoms with Gasteiger partial charge in [-0.15, -0.1) is 0 Å². The molecule has 1 N–H and O–H groups in total. The number of amides is 1. The molecule has 0 saturated carbocycles. The van der Waals surface area contributed by atoms with Crippen LogP contribution in [0.5, 0.6) is 0 Å². The van der Waals surface area contributed by atoms with Crippen molar-refractivity contribution < 1.29 is 10.0 Å². The lowest BCUT2D eigenvalue weighted by Gasteiger charge is -2.13. The first-order chi connectivity index (χ1) is 5.63. The lowest BCUT2D eigenvalue weighted by Crippen LogP contribution is -2.23. The van der Waals surface area contributed by atoms with Gasteiger partial charge in [-0.25, -0.2) is 0 Å². The Bertz CT molecular complexity index is 301. The summed E-state index contributed by atoms with van der Waals surface area (Å²) in [6.45, 7) is 1.25. The second kappa shape index (κ2) is 3.56. The molecule has 0 heterocycles. The standard InChI is InChI=1S/C8H8ClNO2/c1-6(11)10(12)8-5-3-2-4-7(8)9/h2-5,12H,1H3. The number of benzene rings is 1. The summed E-state index contributed by atoms with van der Waals surface area (Å²) in [6, 6.07) is 6.57. The van der Waals surface area contributed by atoms with Crippen molar-refractivity contribution in [3.63, 3.8) is 0 Å². The van der Waals surface area contributed by atoms with Crippen LogP contribution in [-0.4, -0.2) is 11.1 Å². The molecule has 0 aliphatic carbocycles. The molecule has 64 valence electrons. The monoisotopic (exact) mass is 185 g/mol. The van der Waals surface area contributed by atoms with Crippen LogP contribution >= 0.6 is 11.6 Å². The first kappa shape index (κ1) is 9.03. The van der Waals surface area contributed by atoms with E-state index < -0.39 is 5.91 Å². The third-order valence-electron chi connectivity index (χ3n) is 1.38. The van der Waals surface area contributed by atoms with E-state index in [1.165, 1.54) is 6.92 Å². The van der Waals surface area contributed by atoms with Gasteiger partial charge in [0.2, 0.25) is 5.91 Å². The molecule has 0 unspecified atom stereocenters. The quantitative estimate of drug-likeness (QED) is 0.538. The summed E-state index contributed by atoms with van der Waals surface area (Å²) in [4.78, 5) is 10.7. The number of carbonyl (C=O) groups excluding carboxylic acids is 1. The van der Waals surface area contributed by atoms with Gasteiger partial charge in [0.1, 0.15) is 0 Å². The molecule has 0 aliphatic rings. The Morgan fingerprint density at radius 2 is 2.08 bits per heavy atom. The van der Waals surface area contributed by atoms with E-state index in [9.17, 15) is 10.0 Å². The van der Waals surface area contributed by atoms with E-state index >= 15 is 0 Å². The molecule has 1 aromatic carbocycles. The van der Waals surface area contributed by atoms with Gasteiger partial charge in [0, 0.05) is 6.92 Å². The molecule has 4 heteroatoms. The molecule has 1 aromatic rings. The van der Waals surface area contributed by atoms with E-state index in [4.69, 9.17) is 11.6 Å². The van der Waals surface area contributed by atoms with Gasteiger partial charge in [-0.3, -0.25) is 10.0 Å². The average molecular weight is 186 g/mol. The Morgan fingerprint density at radius 1 is 1.50 bits per heavy atom. The maximum Gasteiger partial charge on any atom is 0.247 e. The molecule has 0 bridgehead atoms. The number of nitrogens with zero attached hydrogens (tertiary/aromatic N) is 1. The van der Waals surface area contributed by atoms with E-state index in [-0.39, 0.29) is 0 Å². The average Bonchev–Trinajstić information content (AvgIpc) is 2.04. The van der Waals surface area contributed by atoms with Gasteiger partial charge in [0.05, 0.1) is 10.7 Å². The summed E-state index contributed by atoms with van der Waals surface area (Å²) in [6.07, 6.45) is 0. The summed E-state index contributed by atoms with van der Waals surface area (Å²) in [5, 5.41) is 10.0. The molecule has 0 aromatic heterocycles. The van der Waals surface area contributed by atoms with E-state index in [0.717, 1.165) is 0 Å². The van der Waals surface area contributed by atoms with Crippen LogP contribution in [0.2, 0.25) is 5.02 Å². The Labute approximate surface area is 75.1 Å². The minimum atomic E-state index is -0.469. The van der Waals surface area contributed by atoms with Gasteiger partial charge >= 0.3 is 0 Å². The highest BCUT2D eigenvalue weighted by atomic mass is 35.5. The van der Waals surface area contributed by atoms with Gasteiger partial charge in [-0.2, -0.15) is 5.06 Å². The maximum absolute atomic E-state index is 10.7. The molecule has 1 rings (SSSR count). The summed E-state index contributed by atoms with van der Waals surface area (Å²) >= 11 is 5.71. The van der Waals surface area contributed by atoms with Crippen molar-refractivity contribution in [2.75, 3.05) is 5.06 Å². The van der Waals surface area contributed by atoms with Gasteiger partial charge in [-0.05, 0) is 12.1 Å². The number of hydrogen-bond donors (Lipinski definition) is 1. The lowest BCUT2D eigenvalue weighted by atomic mass is 10.3. The van der Waals surface area contributed by atoms with Crippen LogP contribution in [0.4, 0.5) is 5.69 Å². The Hall–Kier alpha value is -1.06. The van der Waals surface area contributed by atoms with Crippen molar-refractivity contribution in [2.24, 2.45) is 0 Å². The largest absolute Gasteiger partial charge is 0.281 e. The molecule has 12 heavy (non-hydrogen) atoms. The Kier molecular flexibility index (Phi) is 2.68. The summed E-state index contributed by atoms with van der Waals surface area (Å²) in [7, 11) is 0. The fraction of sp³-hybridized carbons (Fsp3) is 0.125. The first-order valence-corrected chi connectivity index (χ1v) is 3.75. The number of anilines is 1. The van der Waals surface area contributed by atoms with Crippen LogP contribution in [-0.2, 0) is 4.79 Å². The molecule has 1 amide bonds. The van der Waals surface area contributed by atoms with Crippen molar-refractivity contribution in [2.45, 2.75) is 6.92 Å². The Balaban J connectivity index is 3.02. The molecule has 0 atom stereocenters. The number of carbonyl (C=O) groups is 1. The predicted molar refractivity (Wildman–Crippen MR) is 46.4 cm³/mol. The van der Waals surface area contributed by atoms with Crippen LogP contribution in [0.25, 0.3) is 0 Å². The molecular formula is C8H8ClNO2. The fourth-order valence-corrected chi connectivity index (χ4v) is 1.01. The highest BCUT2D eigenvalue weighted by Crippen LogP contribution is 2.23. The number of hydrogen-bond acceptors (Lipinski definition) is 2. The van der Waals surface area contributed by atoms with Gasteiger partial charge in [0.25, 0.3) is 0 Å². The summed E-state index contributed by atoms with van der Waals surface area (Å²) in [5.41, 5.74) is 0.298. The third-order valence-corrected chi connectivity index (χ3v) is 1.70. The van der Waals surface area contributed by atoms with Crippen LogP contribution in [0.3, 0.4) is 0 Å². The number of halogens is 1. The molecule has 3 nitrogen and oxygen atoms in total. The minimum Gasteiger partial charge on any atom is -0.281 e. The molecule has 0 spiro atoms. The van der Waals surface area contributed by atoms with Crippen molar-refractivity contribution >= 4 is 23.2 Å². The van der Waals surface area contributed by atoms with E-state index in [1.807, 2.05) is 0 Å². The van der Waals surface area contributed by atoms with Crippen molar-refractivity contribution in [1.82, 2.24) is 0 Å². The summed E-state index contributed by atoms with van der Waals surface area (Å²) < 4.78 is 0. The second-order valence-corrected chi connectivity index (χ2v) is 2.69. The van der Waals surface area contributed by atoms with Gasteiger partial charge < -0.3 is 0 Å². The zero-order chi connectivity index (χ0) is 9.14. The highest BCUT2D eigenvalue weighted by molar-refractivity contribution is 6.33. The summed E-state index contributed by atoms with van der Waals surface area (Å²) in [5.74, 6) is -0.469. The zero-order valence-corrected chi connectivity index (χ0v) is 7.25. The zero-order valence-electron chi connectivity index (χ0n) is 6.49. The van der Waals surface area contributed by atoms with Crippen LogP contribution < -0.4 is 5.06 Å². The van der Waals surface area contributed by atoms with E-state index in [0.29, 0.717) is 15.8 Å². The lowest BCUT2D eigenvalue weighted by molar-refractivity contribution is -0.121. The van der Waals surface area contributed by atoms with Crippen molar-refractivity contribution in [3.05, 3.63) is 29.3 Å². The van der Waals surface area contributed by atoms with Crippen LogP contribution in [0.1, 0.15) is 6.92 Å². The minimum absolute atomic E-state index is 0.298. The smallest absolute Gasteiger partial charge is 0.247 e. The maximum atomic E-state index is 10.7. The topological polar surface area (TPSA) is 40.5 Å². The third kappa shape index (κ3) is 1.75. The highest BCUT2D eigenvalue weighted by Gasteiger charge is 2.10. The van der Waals surface area contributed by atoms with Crippen LogP contribution in [0.15, 0.2) is 24.3 Å². The number of para-hydroxylation sites is 1. The molecule has 0 fully saturated rings. The van der Waals surface area contributed by atoms with Crippen LogP contribution in [0, 0.1) is 0 Å². The normalized spacial score (nSPS) is 9.58. The van der Waals surface area contributed by atoms with Crippen molar-refractivity contribution in [3.8, 4) is 0 Å². The Morgan fingerprint density at radius 3 is 2.58 bits per heavy atom. The van der Waals surface area contributed by atoms with Gasteiger partial charge in [0.15, 0.2) is 0 Å². The molecule has 0 aliphatic heterocycles. The van der Waals surface area contributed by atoms with E-state index in [1.54, 1.807) is 24.3 Å². The number of hydroxylamine groups is 1. The molecule has 0 radical (unpaired) electrons. The molecular weight excluding hydrogens is 178 g/mol. The first-order valence-electron chi connectivity index (χ1n) is 3.37. The fourth-order valence-electron chi connectivity index (χ4n) is 0.793. The molecule has 0 saturated heterocycles. The van der Waals surface area contributed by atoms with Gasteiger partial charge in [-0.1, -0.05) is 23.7 Å². The van der Waals surface area contributed by atoms with E-state index in [2.05, 4.69) is 0 Å². The number of rotatable bonds is 1.